The van der Waals surface area contributed by atoms with Crippen LogP contribution < -0.4 is 4.74 Å². The predicted molar refractivity (Wildman–Crippen MR) is 139 cm³/mol. The van der Waals surface area contributed by atoms with E-state index in [1.165, 1.54) is 30.1 Å². The lowest BCUT2D eigenvalue weighted by molar-refractivity contribution is -0.137. The van der Waals surface area contributed by atoms with Gasteiger partial charge in [-0.25, -0.2) is 22.7 Å². The molecule has 4 rings (SSSR count). The maximum absolute atomic E-state index is 13.4. The van der Waals surface area contributed by atoms with Gasteiger partial charge in [0, 0.05) is 38.6 Å². The Balaban J connectivity index is 1.38. The van der Waals surface area contributed by atoms with Crippen molar-refractivity contribution in [2.24, 2.45) is 0 Å². The number of piperidine rings is 2. The molecule has 9 nitrogen and oxygen atoms in total. The highest BCUT2D eigenvalue weighted by molar-refractivity contribution is 7.88. The van der Waals surface area contributed by atoms with Crippen LogP contribution in [0.15, 0.2) is 30.6 Å². The van der Waals surface area contributed by atoms with Gasteiger partial charge >= 0.3 is 6.18 Å². The zero-order chi connectivity index (χ0) is 28.4. The molecule has 39 heavy (non-hydrogen) atoms. The zero-order valence-corrected chi connectivity index (χ0v) is 23.1. The first-order valence-electron chi connectivity index (χ1n) is 12.9. The van der Waals surface area contributed by atoms with Crippen molar-refractivity contribution >= 4 is 15.9 Å². The average Bonchev–Trinajstić information content (AvgIpc) is 2.91. The molecule has 2 fully saturated rings. The summed E-state index contributed by atoms with van der Waals surface area (Å²) >= 11 is 0. The predicted octanol–water partition coefficient (Wildman–Crippen LogP) is 3.06. The summed E-state index contributed by atoms with van der Waals surface area (Å²) in [6.45, 7) is 2.68. The number of alkyl halides is 3. The van der Waals surface area contributed by atoms with Crippen molar-refractivity contribution in [3.63, 3.8) is 0 Å². The van der Waals surface area contributed by atoms with Gasteiger partial charge in [0.15, 0.2) is 11.4 Å². The summed E-state index contributed by atoms with van der Waals surface area (Å²) in [5.41, 5.74) is 0.0796. The molecule has 1 amide bonds. The number of halogens is 3. The van der Waals surface area contributed by atoms with Crippen molar-refractivity contribution < 1.29 is 31.1 Å². The Morgan fingerprint density at radius 3 is 2.36 bits per heavy atom. The summed E-state index contributed by atoms with van der Waals surface area (Å²) in [5, 5.41) is 0. The smallest absolute Gasteiger partial charge is 0.416 e. The van der Waals surface area contributed by atoms with E-state index in [2.05, 4.69) is 14.9 Å². The molecule has 0 radical (unpaired) electrons. The molecule has 2 aliphatic heterocycles. The van der Waals surface area contributed by atoms with Gasteiger partial charge in [-0.15, -0.1) is 0 Å². The minimum absolute atomic E-state index is 0.00767. The van der Waals surface area contributed by atoms with Crippen molar-refractivity contribution in [2.45, 2.75) is 50.4 Å². The third kappa shape index (κ3) is 6.87. The number of ether oxygens (including phenoxy) is 1. The summed E-state index contributed by atoms with van der Waals surface area (Å²) in [7, 11) is -0.196. The van der Waals surface area contributed by atoms with Crippen molar-refractivity contribution in [2.75, 3.05) is 46.6 Å². The third-order valence-corrected chi connectivity index (χ3v) is 9.06. The van der Waals surface area contributed by atoms with E-state index in [0.717, 1.165) is 50.9 Å². The number of likely N-dealkylation sites (tertiary alicyclic amines) is 2. The maximum atomic E-state index is 13.4. The zero-order valence-electron chi connectivity index (χ0n) is 22.3. The van der Waals surface area contributed by atoms with Crippen LogP contribution in [0.4, 0.5) is 13.2 Å². The first-order valence-corrected chi connectivity index (χ1v) is 14.7. The lowest BCUT2D eigenvalue weighted by Gasteiger charge is -2.43. The second kappa shape index (κ2) is 11.8. The largest absolute Gasteiger partial charge is 0.492 e. The van der Waals surface area contributed by atoms with Crippen LogP contribution in [0, 0.1) is 0 Å². The fraction of sp³-hybridized carbons (Fsp3) is 0.577. The van der Waals surface area contributed by atoms with Crippen LogP contribution in [0.2, 0.25) is 0 Å². The second-order valence-corrected chi connectivity index (χ2v) is 12.2. The molecule has 0 unspecified atom stereocenters. The highest BCUT2D eigenvalue weighted by atomic mass is 32.2. The molecule has 0 atom stereocenters. The molecular formula is C26H34F3N5O4S. The SMILES string of the molecule is COc1c(Cc2cccc(C(F)(F)F)c2)ncnc1C(=O)N1CCC(N2CCC(N(C)S(C)(=O)=O)CC2)CC1. The first kappa shape index (κ1) is 29.2. The van der Waals surface area contributed by atoms with Gasteiger partial charge in [-0.05, 0) is 50.4 Å². The Labute approximate surface area is 227 Å². The minimum atomic E-state index is -4.46. The number of nitrogens with zero attached hydrogens (tertiary/aromatic N) is 5. The third-order valence-electron chi connectivity index (χ3n) is 7.71. The van der Waals surface area contributed by atoms with Crippen LogP contribution in [-0.4, -0.2) is 97.1 Å². The van der Waals surface area contributed by atoms with Crippen LogP contribution in [0.1, 0.15) is 53.0 Å². The van der Waals surface area contributed by atoms with Crippen LogP contribution in [0.5, 0.6) is 5.75 Å². The molecule has 0 aliphatic carbocycles. The molecule has 1 aromatic carbocycles. The highest BCUT2D eigenvalue weighted by Gasteiger charge is 2.34. The summed E-state index contributed by atoms with van der Waals surface area (Å²) in [4.78, 5) is 25.9. The van der Waals surface area contributed by atoms with Crippen molar-refractivity contribution in [3.05, 3.63) is 53.1 Å². The van der Waals surface area contributed by atoms with Gasteiger partial charge in [0.2, 0.25) is 10.0 Å². The van der Waals surface area contributed by atoms with Crippen molar-refractivity contribution in [1.82, 2.24) is 24.1 Å². The van der Waals surface area contributed by atoms with E-state index in [1.807, 2.05) is 0 Å². The van der Waals surface area contributed by atoms with E-state index >= 15 is 0 Å². The fourth-order valence-corrected chi connectivity index (χ4v) is 6.18. The number of methoxy groups -OCH3 is 1. The lowest BCUT2D eigenvalue weighted by Crippen LogP contribution is -2.52. The average molecular weight is 570 g/mol. The van der Waals surface area contributed by atoms with Crippen LogP contribution in [0.25, 0.3) is 0 Å². The van der Waals surface area contributed by atoms with E-state index in [9.17, 15) is 26.4 Å². The van der Waals surface area contributed by atoms with Crippen LogP contribution >= 0.6 is 0 Å². The lowest BCUT2D eigenvalue weighted by atomic mass is 9.97. The van der Waals surface area contributed by atoms with E-state index < -0.39 is 21.8 Å². The maximum Gasteiger partial charge on any atom is 0.416 e. The summed E-state index contributed by atoms with van der Waals surface area (Å²) in [6.07, 6.45) is 1.18. The molecule has 13 heteroatoms. The van der Waals surface area contributed by atoms with Gasteiger partial charge in [0.1, 0.15) is 6.33 Å². The molecule has 2 aliphatic rings. The number of hydrogen-bond donors (Lipinski definition) is 0. The first-order chi connectivity index (χ1) is 18.4. The highest BCUT2D eigenvalue weighted by Crippen LogP contribution is 2.31. The van der Waals surface area contributed by atoms with Gasteiger partial charge in [-0.1, -0.05) is 18.2 Å². The molecule has 1 aromatic heterocycles. The van der Waals surface area contributed by atoms with Gasteiger partial charge in [-0.2, -0.15) is 13.2 Å². The molecule has 0 bridgehead atoms. The Morgan fingerprint density at radius 2 is 1.77 bits per heavy atom. The number of carbonyl (C=O) groups is 1. The Bertz CT molecular complexity index is 1270. The monoisotopic (exact) mass is 569 g/mol. The second-order valence-electron chi connectivity index (χ2n) is 10.1. The Hall–Kier alpha value is -2.77. The van der Waals surface area contributed by atoms with Crippen LogP contribution in [-0.2, 0) is 22.6 Å². The number of hydrogen-bond acceptors (Lipinski definition) is 7. The Morgan fingerprint density at radius 1 is 1.10 bits per heavy atom. The molecule has 214 valence electrons. The van der Waals surface area contributed by atoms with E-state index in [1.54, 1.807) is 18.0 Å². The van der Waals surface area contributed by atoms with Gasteiger partial charge in [0.25, 0.3) is 5.91 Å². The number of amides is 1. The minimum Gasteiger partial charge on any atom is -0.492 e. The van der Waals surface area contributed by atoms with E-state index in [4.69, 9.17) is 4.74 Å². The summed E-state index contributed by atoms with van der Waals surface area (Å²) in [5.74, 6) is -0.134. The van der Waals surface area contributed by atoms with Gasteiger partial charge in [-0.3, -0.25) is 4.79 Å². The fourth-order valence-electron chi connectivity index (χ4n) is 5.42. The molecule has 3 heterocycles. The number of rotatable bonds is 7. The quantitative estimate of drug-likeness (QED) is 0.506. The van der Waals surface area contributed by atoms with Crippen LogP contribution in [0.3, 0.4) is 0 Å². The van der Waals surface area contributed by atoms with Crippen molar-refractivity contribution in [1.29, 1.82) is 0 Å². The van der Waals surface area contributed by atoms with E-state index in [-0.39, 0.29) is 29.8 Å². The summed E-state index contributed by atoms with van der Waals surface area (Å²) in [6, 6.07) is 5.31. The number of carbonyl (C=O) groups excluding carboxylic acids is 1. The molecule has 0 N–H and O–H groups in total. The van der Waals surface area contributed by atoms with Gasteiger partial charge in [0.05, 0.1) is 24.6 Å². The molecule has 2 saturated heterocycles. The van der Waals surface area contributed by atoms with Crippen molar-refractivity contribution in [3.8, 4) is 5.75 Å². The molecule has 2 aromatic rings. The Kier molecular flexibility index (Phi) is 8.82. The topological polar surface area (TPSA) is 95.9 Å². The standard InChI is InChI=1S/C26H34F3N5O4S/c1-32(39(3,36)37)20-7-11-33(12-8-20)21-9-13-34(14-10-21)25(35)23-24(38-2)22(30-17-31-23)16-18-5-4-6-19(15-18)26(27,28)29/h4-6,15,17,20-21H,7-14,16H2,1-3H3. The summed E-state index contributed by atoms with van der Waals surface area (Å²) < 4.78 is 70.1. The molecular weight excluding hydrogens is 535 g/mol. The number of sulfonamides is 1. The number of aromatic nitrogens is 2. The molecule has 0 saturated carbocycles. The molecule has 0 spiro atoms. The normalized spacial score (nSPS) is 18.5. The van der Waals surface area contributed by atoms with Gasteiger partial charge < -0.3 is 14.5 Å². The van der Waals surface area contributed by atoms with E-state index in [0.29, 0.717) is 30.4 Å². The number of benzene rings is 1.